The fraction of sp³-hybridized carbons (Fsp3) is 0.765. The lowest BCUT2D eigenvalue weighted by Gasteiger charge is -2.33. The van der Waals surface area contributed by atoms with Crippen LogP contribution in [0.4, 0.5) is 0 Å². The van der Waals surface area contributed by atoms with E-state index in [2.05, 4.69) is 36.3 Å². The molecule has 1 heterocycles. The van der Waals surface area contributed by atoms with Crippen LogP contribution in [0, 0.1) is 5.92 Å². The third kappa shape index (κ3) is 4.06. The van der Waals surface area contributed by atoms with Crippen LogP contribution in [-0.2, 0) is 13.1 Å². The van der Waals surface area contributed by atoms with Crippen molar-refractivity contribution in [3.05, 3.63) is 21.9 Å². The molecule has 2 unspecified atom stereocenters. The highest BCUT2D eigenvalue weighted by molar-refractivity contribution is 7.11. The molecule has 0 aliphatic heterocycles. The molecule has 1 aromatic rings. The van der Waals surface area contributed by atoms with Crippen molar-refractivity contribution in [3.8, 4) is 0 Å². The maximum Gasteiger partial charge on any atom is 0.0327 e. The summed E-state index contributed by atoms with van der Waals surface area (Å²) in [6, 6.07) is 6.25. The average molecular weight is 292 g/mol. The molecule has 112 valence electrons. The Kier molecular flexibility index (Phi) is 4.79. The van der Waals surface area contributed by atoms with Crippen molar-refractivity contribution in [1.82, 2.24) is 10.2 Å². The molecule has 2 aliphatic carbocycles. The van der Waals surface area contributed by atoms with Crippen LogP contribution in [-0.4, -0.2) is 24.0 Å². The topological polar surface area (TPSA) is 15.3 Å². The minimum absolute atomic E-state index is 0.800. The highest BCUT2D eigenvalue weighted by Gasteiger charge is 2.23. The van der Waals surface area contributed by atoms with Crippen LogP contribution in [0.2, 0.25) is 0 Å². The number of nitrogens with zero attached hydrogens (tertiary/aromatic N) is 1. The summed E-state index contributed by atoms with van der Waals surface area (Å²) >= 11 is 1.99. The van der Waals surface area contributed by atoms with Crippen molar-refractivity contribution in [2.24, 2.45) is 5.92 Å². The van der Waals surface area contributed by atoms with E-state index < -0.39 is 0 Å². The van der Waals surface area contributed by atoms with Crippen molar-refractivity contribution >= 4 is 11.3 Å². The number of hydrogen-bond acceptors (Lipinski definition) is 3. The Balaban J connectivity index is 1.48. The maximum absolute atomic E-state index is 3.61. The van der Waals surface area contributed by atoms with E-state index >= 15 is 0 Å². The quantitative estimate of drug-likeness (QED) is 0.852. The molecule has 0 aromatic carbocycles. The summed E-state index contributed by atoms with van der Waals surface area (Å²) in [5.74, 6) is 0.915. The first-order chi connectivity index (χ1) is 9.70. The summed E-state index contributed by atoms with van der Waals surface area (Å²) < 4.78 is 0. The Bertz CT molecular complexity index is 424. The normalized spacial score (nSPS) is 27.1. The van der Waals surface area contributed by atoms with Crippen molar-refractivity contribution in [3.63, 3.8) is 0 Å². The van der Waals surface area contributed by atoms with Gasteiger partial charge in [0.15, 0.2) is 0 Å². The molecular formula is C17H28N2S. The van der Waals surface area contributed by atoms with Crippen molar-refractivity contribution < 1.29 is 0 Å². The zero-order valence-corrected chi connectivity index (χ0v) is 13.7. The van der Waals surface area contributed by atoms with Gasteiger partial charge in [0, 0.05) is 34.9 Å². The highest BCUT2D eigenvalue weighted by atomic mass is 32.1. The molecule has 0 bridgehead atoms. The highest BCUT2D eigenvalue weighted by Crippen LogP contribution is 2.28. The minimum Gasteiger partial charge on any atom is -0.309 e. The van der Waals surface area contributed by atoms with Crippen molar-refractivity contribution in [1.29, 1.82) is 0 Å². The molecule has 2 nitrogen and oxygen atoms in total. The van der Waals surface area contributed by atoms with Gasteiger partial charge in [0.1, 0.15) is 0 Å². The molecule has 0 amide bonds. The second-order valence-electron chi connectivity index (χ2n) is 6.86. The summed E-state index contributed by atoms with van der Waals surface area (Å²) in [6.45, 7) is 4.61. The van der Waals surface area contributed by atoms with E-state index in [0.29, 0.717) is 0 Å². The second-order valence-corrected chi connectivity index (χ2v) is 8.12. The lowest BCUT2D eigenvalue weighted by atomic mass is 9.86. The van der Waals surface area contributed by atoms with Crippen molar-refractivity contribution in [2.45, 2.75) is 70.6 Å². The standard InChI is InChI=1S/C17H28N2S/c1-13-4-3-5-15(10-13)19(2)12-17-9-8-16(20-17)11-18-14-6-7-14/h8-9,13-15,18H,3-7,10-12H2,1-2H3. The fourth-order valence-electron chi connectivity index (χ4n) is 3.31. The Hall–Kier alpha value is -0.380. The van der Waals surface area contributed by atoms with E-state index in [9.17, 15) is 0 Å². The van der Waals surface area contributed by atoms with Crippen molar-refractivity contribution in [2.75, 3.05) is 7.05 Å². The van der Waals surface area contributed by atoms with Gasteiger partial charge in [-0.05, 0) is 50.8 Å². The van der Waals surface area contributed by atoms with Gasteiger partial charge in [-0.1, -0.05) is 19.8 Å². The molecule has 3 heteroatoms. The van der Waals surface area contributed by atoms with Crippen LogP contribution >= 0.6 is 11.3 Å². The van der Waals surface area contributed by atoms with Crippen LogP contribution in [0.25, 0.3) is 0 Å². The third-order valence-corrected chi connectivity index (χ3v) is 5.87. The Morgan fingerprint density at radius 2 is 2.00 bits per heavy atom. The predicted molar refractivity (Wildman–Crippen MR) is 87.1 cm³/mol. The Labute approximate surface area is 127 Å². The van der Waals surface area contributed by atoms with Gasteiger partial charge in [0.05, 0.1) is 0 Å². The van der Waals surface area contributed by atoms with E-state index in [1.54, 1.807) is 0 Å². The lowest BCUT2D eigenvalue weighted by molar-refractivity contribution is 0.159. The molecule has 0 saturated heterocycles. The molecule has 2 saturated carbocycles. The van der Waals surface area contributed by atoms with Gasteiger partial charge in [-0.2, -0.15) is 0 Å². The van der Waals surface area contributed by atoms with Crippen LogP contribution in [0.5, 0.6) is 0 Å². The SMILES string of the molecule is CC1CCCC(N(C)Cc2ccc(CNC3CC3)s2)C1. The van der Waals surface area contributed by atoms with Gasteiger partial charge < -0.3 is 5.32 Å². The summed E-state index contributed by atoms with van der Waals surface area (Å²) in [6.07, 6.45) is 8.37. The molecule has 1 N–H and O–H groups in total. The third-order valence-electron chi connectivity index (χ3n) is 4.80. The number of thiophene rings is 1. The van der Waals surface area contributed by atoms with E-state index in [-0.39, 0.29) is 0 Å². The van der Waals surface area contributed by atoms with E-state index in [1.807, 2.05) is 11.3 Å². The summed E-state index contributed by atoms with van der Waals surface area (Å²) in [4.78, 5) is 5.61. The Morgan fingerprint density at radius 1 is 1.20 bits per heavy atom. The zero-order chi connectivity index (χ0) is 13.9. The largest absolute Gasteiger partial charge is 0.309 e. The zero-order valence-electron chi connectivity index (χ0n) is 12.9. The molecular weight excluding hydrogens is 264 g/mol. The monoisotopic (exact) mass is 292 g/mol. The molecule has 1 aromatic heterocycles. The summed E-state index contributed by atoms with van der Waals surface area (Å²) in [5.41, 5.74) is 0. The number of hydrogen-bond donors (Lipinski definition) is 1. The molecule has 0 spiro atoms. The van der Waals surface area contributed by atoms with E-state index in [4.69, 9.17) is 0 Å². The first-order valence-corrected chi connectivity index (χ1v) is 9.03. The first-order valence-electron chi connectivity index (χ1n) is 8.22. The van der Waals surface area contributed by atoms with Gasteiger partial charge in [-0.25, -0.2) is 0 Å². The summed E-state index contributed by atoms with van der Waals surface area (Å²) in [5, 5.41) is 3.61. The molecule has 2 fully saturated rings. The number of nitrogens with one attached hydrogen (secondary N) is 1. The smallest absolute Gasteiger partial charge is 0.0327 e. The molecule has 2 aliphatic rings. The predicted octanol–water partition coefficient (Wildman–Crippen LogP) is 4.01. The molecule has 20 heavy (non-hydrogen) atoms. The summed E-state index contributed by atoms with van der Waals surface area (Å²) in [7, 11) is 2.31. The fourth-order valence-corrected chi connectivity index (χ4v) is 4.34. The van der Waals surface area contributed by atoms with E-state index in [0.717, 1.165) is 31.1 Å². The molecule has 3 rings (SSSR count). The minimum atomic E-state index is 0.800. The van der Waals surface area contributed by atoms with Gasteiger partial charge in [0.25, 0.3) is 0 Å². The molecule has 2 atom stereocenters. The van der Waals surface area contributed by atoms with Gasteiger partial charge in [-0.15, -0.1) is 11.3 Å². The van der Waals surface area contributed by atoms with E-state index in [1.165, 1.54) is 48.3 Å². The first kappa shape index (κ1) is 14.6. The average Bonchev–Trinajstić information content (AvgIpc) is 3.16. The van der Waals surface area contributed by atoms with Crippen LogP contribution in [0.1, 0.15) is 55.2 Å². The Morgan fingerprint density at radius 3 is 2.75 bits per heavy atom. The van der Waals surface area contributed by atoms with Gasteiger partial charge >= 0.3 is 0 Å². The molecule has 0 radical (unpaired) electrons. The second kappa shape index (κ2) is 6.59. The van der Waals surface area contributed by atoms with Gasteiger partial charge in [-0.3, -0.25) is 4.90 Å². The van der Waals surface area contributed by atoms with Crippen LogP contribution in [0.3, 0.4) is 0 Å². The van der Waals surface area contributed by atoms with Gasteiger partial charge in [0.2, 0.25) is 0 Å². The number of rotatable bonds is 6. The van der Waals surface area contributed by atoms with Crippen LogP contribution < -0.4 is 5.32 Å². The maximum atomic E-state index is 3.61. The lowest BCUT2D eigenvalue weighted by Crippen LogP contribution is -2.34. The van der Waals surface area contributed by atoms with Crippen LogP contribution in [0.15, 0.2) is 12.1 Å².